The number of aromatic nitrogens is 1. The molecule has 2 aromatic carbocycles. The Bertz CT molecular complexity index is 1290. The number of carbonyl (C=O) groups excluding carboxylic acids is 2. The lowest BCUT2D eigenvalue weighted by Gasteiger charge is -2.18. The van der Waals surface area contributed by atoms with Crippen LogP contribution in [-0.4, -0.2) is 29.1 Å². The highest BCUT2D eigenvalue weighted by molar-refractivity contribution is 9.09. The number of aryl methyl sites for hydroxylation is 1. The molecule has 3 aromatic rings. The first-order chi connectivity index (χ1) is 16.8. The fourth-order valence-electron chi connectivity index (χ4n) is 3.72. The summed E-state index contributed by atoms with van der Waals surface area (Å²) in [6.07, 6.45) is -10.6. The maximum Gasteiger partial charge on any atom is 0.416 e. The van der Waals surface area contributed by atoms with Crippen molar-refractivity contribution in [2.45, 2.75) is 25.7 Å². The number of halogens is 7. The normalized spacial score (nSPS) is 11.9. The van der Waals surface area contributed by atoms with Crippen LogP contribution in [0.5, 0.6) is 0 Å². The van der Waals surface area contributed by atoms with Crippen molar-refractivity contribution in [3.05, 3.63) is 87.7 Å². The van der Waals surface area contributed by atoms with Gasteiger partial charge in [0.1, 0.15) is 5.69 Å². The van der Waals surface area contributed by atoms with Gasteiger partial charge in [-0.2, -0.15) is 26.3 Å². The molecule has 3 rings (SSSR count). The van der Waals surface area contributed by atoms with Gasteiger partial charge in [0.25, 0.3) is 5.91 Å². The molecule has 1 N–H and O–H groups in total. The molecule has 0 fully saturated rings. The van der Waals surface area contributed by atoms with Crippen LogP contribution in [0.3, 0.4) is 0 Å². The van der Waals surface area contributed by atoms with E-state index in [0.29, 0.717) is 17.7 Å². The lowest BCUT2D eigenvalue weighted by Crippen LogP contribution is -2.23. The number of pyridine rings is 1. The zero-order chi connectivity index (χ0) is 26.8. The van der Waals surface area contributed by atoms with Gasteiger partial charge in [-0.25, -0.2) is 4.98 Å². The Morgan fingerprint density at radius 2 is 1.50 bits per heavy atom. The van der Waals surface area contributed by atoms with E-state index in [-0.39, 0.29) is 39.5 Å². The molecular formula is C25H19BrF6N2O2. The molecule has 0 saturated carbocycles. The fraction of sp³-hybridized carbons (Fsp3) is 0.240. The van der Waals surface area contributed by atoms with Gasteiger partial charge in [-0.1, -0.05) is 40.2 Å². The van der Waals surface area contributed by atoms with Gasteiger partial charge in [-0.05, 0) is 53.4 Å². The first kappa shape index (κ1) is 27.4. The second-order valence-corrected chi connectivity index (χ2v) is 8.48. The fourth-order valence-corrected chi connectivity index (χ4v) is 4.01. The van der Waals surface area contributed by atoms with E-state index in [1.165, 1.54) is 13.1 Å². The minimum absolute atomic E-state index is 0.0279. The van der Waals surface area contributed by atoms with E-state index >= 15 is 0 Å². The van der Waals surface area contributed by atoms with Gasteiger partial charge in [-0.3, -0.25) is 9.59 Å². The Labute approximate surface area is 210 Å². The Morgan fingerprint density at radius 1 is 0.917 bits per heavy atom. The van der Waals surface area contributed by atoms with Crippen LogP contribution in [0.2, 0.25) is 0 Å². The molecule has 1 heterocycles. The number of rotatable bonds is 6. The molecule has 0 aliphatic heterocycles. The lowest BCUT2D eigenvalue weighted by molar-refractivity contribution is -0.143. The van der Waals surface area contributed by atoms with Crippen LogP contribution in [0.4, 0.5) is 26.3 Å². The van der Waals surface area contributed by atoms with E-state index in [1.807, 2.05) is 0 Å². The van der Waals surface area contributed by atoms with E-state index in [2.05, 4.69) is 26.2 Å². The summed E-state index contributed by atoms with van der Waals surface area (Å²) in [5.41, 5.74) is -2.04. The Morgan fingerprint density at radius 3 is 2.00 bits per heavy atom. The number of hydrogen-bond donors (Lipinski definition) is 1. The summed E-state index contributed by atoms with van der Waals surface area (Å²) in [6, 6.07) is 9.49. The van der Waals surface area contributed by atoms with Gasteiger partial charge < -0.3 is 5.32 Å². The third kappa shape index (κ3) is 5.95. The first-order valence-electron chi connectivity index (χ1n) is 10.5. The maximum absolute atomic E-state index is 13.4. The number of benzene rings is 2. The Balaban J connectivity index is 2.33. The number of carbonyl (C=O) groups is 2. The number of ketones is 1. The van der Waals surface area contributed by atoms with Gasteiger partial charge in [0.05, 0.1) is 27.7 Å². The topological polar surface area (TPSA) is 59.1 Å². The van der Waals surface area contributed by atoms with Crippen LogP contribution in [0, 0.1) is 6.92 Å². The molecule has 1 amide bonds. The number of amides is 1. The second-order valence-electron chi connectivity index (χ2n) is 7.92. The van der Waals surface area contributed by atoms with Crippen LogP contribution < -0.4 is 5.32 Å². The predicted molar refractivity (Wildman–Crippen MR) is 125 cm³/mol. The molecule has 0 aliphatic carbocycles. The number of nitrogens with zero attached hydrogens (tertiary/aromatic N) is 1. The first-order valence-corrected chi connectivity index (χ1v) is 11.6. The molecule has 4 nitrogen and oxygen atoms in total. The van der Waals surface area contributed by atoms with E-state index < -0.39 is 41.6 Å². The van der Waals surface area contributed by atoms with Crippen molar-refractivity contribution in [2.75, 3.05) is 12.4 Å². The van der Waals surface area contributed by atoms with Crippen molar-refractivity contribution in [1.29, 1.82) is 0 Å². The Kier molecular flexibility index (Phi) is 7.92. The summed E-state index contributed by atoms with van der Waals surface area (Å²) in [6.45, 7) is 1.76. The molecule has 0 atom stereocenters. The molecule has 0 radical (unpaired) electrons. The monoisotopic (exact) mass is 572 g/mol. The van der Waals surface area contributed by atoms with Crippen LogP contribution in [0.1, 0.15) is 48.8 Å². The zero-order valence-electron chi connectivity index (χ0n) is 18.9. The third-order valence-corrected chi connectivity index (χ3v) is 5.92. The zero-order valence-corrected chi connectivity index (χ0v) is 20.5. The summed E-state index contributed by atoms with van der Waals surface area (Å²) in [4.78, 5) is 29.6. The van der Waals surface area contributed by atoms with Crippen molar-refractivity contribution < 1.29 is 35.9 Å². The largest absolute Gasteiger partial charge is 0.416 e. The summed E-state index contributed by atoms with van der Waals surface area (Å²) in [7, 11) is 1.33. The highest BCUT2D eigenvalue weighted by Gasteiger charge is 2.37. The Hall–Kier alpha value is -3.21. The summed E-state index contributed by atoms with van der Waals surface area (Å²) >= 11 is 3.04. The SMILES string of the molecule is CNC(=O)c1c(-c2ccccc2C)cc(C(=O)CBr)nc1Cc1cc(C(F)(F)F)cc(C(F)(F)F)c1. The molecular weight excluding hydrogens is 554 g/mol. The van der Waals surface area contributed by atoms with Gasteiger partial charge in [0, 0.05) is 13.5 Å². The maximum atomic E-state index is 13.4. The standard InChI is InChI=1S/C25H19BrF6N2O2/c1-13-5-3-4-6-17(13)18-11-19(21(35)12-26)34-20(22(18)23(36)33-2)9-14-7-15(24(27,28)29)10-16(8-14)25(30,31)32/h3-8,10-11H,9,12H2,1-2H3,(H,33,36). The molecule has 190 valence electrons. The van der Waals surface area contributed by atoms with Gasteiger partial charge in [0.2, 0.25) is 0 Å². The lowest BCUT2D eigenvalue weighted by atomic mass is 9.91. The molecule has 0 saturated heterocycles. The van der Waals surface area contributed by atoms with Crippen molar-refractivity contribution in [3.63, 3.8) is 0 Å². The van der Waals surface area contributed by atoms with Crippen LogP contribution in [0.15, 0.2) is 48.5 Å². The highest BCUT2D eigenvalue weighted by Crippen LogP contribution is 2.37. The van der Waals surface area contributed by atoms with E-state index in [4.69, 9.17) is 0 Å². The minimum atomic E-state index is -5.03. The van der Waals surface area contributed by atoms with Crippen LogP contribution in [-0.2, 0) is 18.8 Å². The average molecular weight is 573 g/mol. The summed E-state index contributed by atoms with van der Waals surface area (Å²) < 4.78 is 80.3. The quantitative estimate of drug-likeness (QED) is 0.205. The summed E-state index contributed by atoms with van der Waals surface area (Å²) in [5, 5.41) is 2.31. The van der Waals surface area contributed by atoms with Crippen LogP contribution in [0.25, 0.3) is 11.1 Å². The minimum Gasteiger partial charge on any atom is -0.355 e. The number of Topliss-reactive ketones (excluding diaryl/α,β-unsaturated/α-hetero) is 1. The summed E-state index contributed by atoms with van der Waals surface area (Å²) in [5.74, 6) is -1.13. The van der Waals surface area contributed by atoms with Gasteiger partial charge >= 0.3 is 12.4 Å². The number of hydrogen-bond acceptors (Lipinski definition) is 3. The van der Waals surface area contributed by atoms with Gasteiger partial charge in [-0.15, -0.1) is 0 Å². The highest BCUT2D eigenvalue weighted by atomic mass is 79.9. The molecule has 36 heavy (non-hydrogen) atoms. The molecule has 1 aromatic heterocycles. The average Bonchev–Trinajstić information content (AvgIpc) is 2.81. The molecule has 0 aliphatic rings. The smallest absolute Gasteiger partial charge is 0.355 e. The van der Waals surface area contributed by atoms with E-state index in [9.17, 15) is 35.9 Å². The third-order valence-electron chi connectivity index (χ3n) is 5.41. The van der Waals surface area contributed by atoms with Gasteiger partial charge in [0.15, 0.2) is 5.78 Å². The van der Waals surface area contributed by atoms with Crippen molar-refractivity contribution in [3.8, 4) is 11.1 Å². The number of alkyl halides is 7. The van der Waals surface area contributed by atoms with E-state index in [1.54, 1.807) is 31.2 Å². The van der Waals surface area contributed by atoms with Crippen molar-refractivity contribution >= 4 is 27.6 Å². The molecule has 0 spiro atoms. The van der Waals surface area contributed by atoms with E-state index in [0.717, 1.165) is 5.56 Å². The molecule has 0 unspecified atom stereocenters. The molecule has 0 bridgehead atoms. The van der Waals surface area contributed by atoms with Crippen molar-refractivity contribution in [2.24, 2.45) is 0 Å². The number of nitrogens with one attached hydrogen (secondary N) is 1. The second kappa shape index (κ2) is 10.4. The van der Waals surface area contributed by atoms with Crippen LogP contribution >= 0.6 is 15.9 Å². The molecule has 11 heteroatoms. The van der Waals surface area contributed by atoms with Crippen molar-refractivity contribution in [1.82, 2.24) is 10.3 Å². The predicted octanol–water partition coefficient (Wildman–Crippen LogP) is 6.62.